The predicted octanol–water partition coefficient (Wildman–Crippen LogP) is 1.72. The molecule has 1 saturated carbocycles. The van der Waals surface area contributed by atoms with Gasteiger partial charge in [-0.05, 0) is 36.8 Å². The third-order valence-corrected chi connectivity index (χ3v) is 6.97. The molecule has 1 aromatic carbocycles. The molecule has 2 aliphatic rings. The molecule has 0 aromatic heterocycles. The summed E-state index contributed by atoms with van der Waals surface area (Å²) in [6.07, 6.45) is 1.83. The Morgan fingerprint density at radius 2 is 2.05 bits per heavy atom. The lowest BCUT2D eigenvalue weighted by atomic mass is 9.98. The molecule has 0 spiro atoms. The number of hydrogen-bond acceptors (Lipinski definition) is 5. The van der Waals surface area contributed by atoms with Crippen LogP contribution in [0.15, 0.2) is 27.6 Å². The number of nitro groups is 1. The van der Waals surface area contributed by atoms with E-state index in [2.05, 4.69) is 15.9 Å². The van der Waals surface area contributed by atoms with Gasteiger partial charge in [0, 0.05) is 29.7 Å². The maximum Gasteiger partial charge on any atom is 0.289 e. The second-order valence-corrected chi connectivity index (χ2v) is 8.68. The summed E-state index contributed by atoms with van der Waals surface area (Å²) in [6.45, 7) is 0.738. The molecule has 3 atom stereocenters. The molecule has 0 bridgehead atoms. The summed E-state index contributed by atoms with van der Waals surface area (Å²) in [7, 11) is -3.90. The average Bonchev–Trinajstić information content (AvgIpc) is 3.01. The lowest BCUT2D eigenvalue weighted by molar-refractivity contribution is -0.387. The minimum absolute atomic E-state index is 0.0164. The second-order valence-electron chi connectivity index (χ2n) is 5.86. The van der Waals surface area contributed by atoms with Gasteiger partial charge in [0.05, 0.1) is 4.92 Å². The van der Waals surface area contributed by atoms with E-state index in [1.807, 2.05) is 0 Å². The van der Waals surface area contributed by atoms with Crippen LogP contribution in [0, 0.1) is 22.0 Å². The van der Waals surface area contributed by atoms with E-state index in [0.717, 1.165) is 12.8 Å². The molecule has 1 aliphatic heterocycles. The summed E-state index contributed by atoms with van der Waals surface area (Å²) in [6, 6.07) is 3.98. The average molecular weight is 390 g/mol. The third kappa shape index (κ3) is 2.55. The van der Waals surface area contributed by atoms with E-state index in [4.69, 9.17) is 5.73 Å². The van der Waals surface area contributed by atoms with Crippen molar-refractivity contribution >= 4 is 31.6 Å². The zero-order chi connectivity index (χ0) is 16.1. The van der Waals surface area contributed by atoms with Gasteiger partial charge in [-0.15, -0.1) is 0 Å². The Labute approximate surface area is 136 Å². The normalized spacial score (nSPS) is 28.7. The summed E-state index contributed by atoms with van der Waals surface area (Å²) >= 11 is 3.18. The van der Waals surface area contributed by atoms with E-state index in [-0.39, 0.29) is 22.8 Å². The van der Waals surface area contributed by atoms with Gasteiger partial charge in [0.1, 0.15) is 0 Å². The van der Waals surface area contributed by atoms with Gasteiger partial charge in [0.25, 0.3) is 5.69 Å². The number of fused-ring (bicyclic) bond motifs is 1. The van der Waals surface area contributed by atoms with Gasteiger partial charge >= 0.3 is 0 Å². The first-order valence-electron chi connectivity index (χ1n) is 7.00. The summed E-state index contributed by atoms with van der Waals surface area (Å²) in [5, 5.41) is 11.1. The number of halogens is 1. The molecule has 120 valence electrons. The molecule has 1 saturated heterocycles. The van der Waals surface area contributed by atoms with Crippen LogP contribution in [-0.4, -0.2) is 36.8 Å². The highest BCUT2D eigenvalue weighted by Crippen LogP contribution is 2.40. The number of nitrogens with two attached hydrogens (primary N) is 1. The lowest BCUT2D eigenvalue weighted by Gasteiger charge is -2.18. The van der Waals surface area contributed by atoms with Crippen molar-refractivity contribution in [3.05, 3.63) is 32.8 Å². The molecule has 0 amide bonds. The number of rotatable bonds is 3. The summed E-state index contributed by atoms with van der Waals surface area (Å²) in [5.41, 5.74) is 5.63. The Balaban J connectivity index is 1.98. The quantitative estimate of drug-likeness (QED) is 0.625. The molecule has 1 heterocycles. The summed E-state index contributed by atoms with van der Waals surface area (Å²) in [4.78, 5) is 10.2. The number of sulfonamides is 1. The Morgan fingerprint density at radius 1 is 1.32 bits per heavy atom. The van der Waals surface area contributed by atoms with E-state index < -0.39 is 20.6 Å². The lowest BCUT2D eigenvalue weighted by Crippen LogP contribution is -2.33. The molecule has 22 heavy (non-hydrogen) atoms. The van der Waals surface area contributed by atoms with E-state index >= 15 is 0 Å². The zero-order valence-electron chi connectivity index (χ0n) is 11.7. The first-order valence-corrected chi connectivity index (χ1v) is 9.23. The van der Waals surface area contributed by atoms with Crippen molar-refractivity contribution < 1.29 is 13.3 Å². The molecule has 2 fully saturated rings. The van der Waals surface area contributed by atoms with Crippen molar-refractivity contribution in [1.29, 1.82) is 0 Å². The van der Waals surface area contributed by atoms with Gasteiger partial charge in [0.2, 0.25) is 10.0 Å². The minimum Gasteiger partial charge on any atom is -0.327 e. The highest BCUT2D eigenvalue weighted by Gasteiger charge is 2.46. The third-order valence-electron chi connectivity index (χ3n) is 4.62. The highest BCUT2D eigenvalue weighted by atomic mass is 79.9. The van der Waals surface area contributed by atoms with Gasteiger partial charge in [-0.25, -0.2) is 8.42 Å². The van der Waals surface area contributed by atoms with Gasteiger partial charge in [-0.2, -0.15) is 4.31 Å². The van der Waals surface area contributed by atoms with Crippen LogP contribution in [0.1, 0.15) is 12.8 Å². The van der Waals surface area contributed by atoms with E-state index in [1.54, 1.807) is 0 Å². The molecular formula is C13H16BrN3O4S. The summed E-state index contributed by atoms with van der Waals surface area (Å²) in [5.74, 6) is 0.414. The predicted molar refractivity (Wildman–Crippen MR) is 83.7 cm³/mol. The minimum atomic E-state index is -3.90. The Kier molecular flexibility index (Phi) is 4.00. The molecule has 1 aromatic rings. The van der Waals surface area contributed by atoms with Crippen LogP contribution in [-0.2, 0) is 10.0 Å². The molecule has 1 aliphatic carbocycles. The van der Waals surface area contributed by atoms with E-state index in [1.165, 1.54) is 22.5 Å². The van der Waals surface area contributed by atoms with Crippen molar-refractivity contribution in [2.75, 3.05) is 13.1 Å². The van der Waals surface area contributed by atoms with Crippen molar-refractivity contribution in [1.82, 2.24) is 4.31 Å². The fraction of sp³-hybridized carbons (Fsp3) is 0.538. The number of nitrogens with zero attached hydrogens (tertiary/aromatic N) is 2. The topological polar surface area (TPSA) is 107 Å². The van der Waals surface area contributed by atoms with Crippen molar-refractivity contribution in [3.8, 4) is 0 Å². The number of hydrogen-bond donors (Lipinski definition) is 1. The number of nitro benzene ring substituents is 1. The molecular weight excluding hydrogens is 374 g/mol. The van der Waals surface area contributed by atoms with Crippen molar-refractivity contribution in [2.45, 2.75) is 23.8 Å². The second kappa shape index (κ2) is 5.55. The van der Waals surface area contributed by atoms with Gasteiger partial charge in [-0.3, -0.25) is 10.1 Å². The highest BCUT2D eigenvalue weighted by molar-refractivity contribution is 9.10. The molecule has 3 unspecified atom stereocenters. The maximum absolute atomic E-state index is 12.8. The monoisotopic (exact) mass is 389 g/mol. The smallest absolute Gasteiger partial charge is 0.289 e. The fourth-order valence-corrected chi connectivity index (χ4v) is 5.68. The fourth-order valence-electron chi connectivity index (χ4n) is 3.45. The van der Waals surface area contributed by atoms with E-state index in [9.17, 15) is 18.5 Å². The van der Waals surface area contributed by atoms with Gasteiger partial charge in [0.15, 0.2) is 4.90 Å². The Hall–Kier alpha value is -1.03. The number of benzene rings is 1. The van der Waals surface area contributed by atoms with Crippen molar-refractivity contribution in [3.63, 3.8) is 0 Å². The van der Waals surface area contributed by atoms with Crippen molar-refractivity contribution in [2.24, 2.45) is 17.6 Å². The molecule has 3 rings (SSSR count). The molecule has 2 N–H and O–H groups in total. The standard InChI is InChI=1S/C13H16BrN3O4S/c14-9-2-4-12(17(18)19)13(5-9)22(20,21)16-6-8-1-3-11(15)10(8)7-16/h2,4-5,8,10-11H,1,3,6-7,15H2. The Bertz CT molecular complexity index is 724. The van der Waals surface area contributed by atoms with Crippen LogP contribution in [0.3, 0.4) is 0 Å². The van der Waals surface area contributed by atoms with E-state index in [0.29, 0.717) is 17.6 Å². The zero-order valence-corrected chi connectivity index (χ0v) is 14.1. The molecule has 0 radical (unpaired) electrons. The van der Waals surface area contributed by atoms with Crippen LogP contribution >= 0.6 is 15.9 Å². The van der Waals surface area contributed by atoms with Crippen LogP contribution in [0.5, 0.6) is 0 Å². The van der Waals surface area contributed by atoms with Gasteiger partial charge in [-0.1, -0.05) is 15.9 Å². The van der Waals surface area contributed by atoms with Crippen LogP contribution < -0.4 is 5.73 Å². The maximum atomic E-state index is 12.8. The molecule has 9 heteroatoms. The SMILES string of the molecule is NC1CCC2CN(S(=O)(=O)c3cc(Br)ccc3[N+](=O)[O-])CC12. The van der Waals surface area contributed by atoms with Crippen LogP contribution in [0.4, 0.5) is 5.69 Å². The summed E-state index contributed by atoms with van der Waals surface area (Å²) < 4.78 is 27.5. The van der Waals surface area contributed by atoms with Gasteiger partial charge < -0.3 is 5.73 Å². The van der Waals surface area contributed by atoms with Crippen LogP contribution in [0.25, 0.3) is 0 Å². The Morgan fingerprint density at radius 3 is 2.68 bits per heavy atom. The first kappa shape index (κ1) is 15.9. The largest absolute Gasteiger partial charge is 0.327 e. The van der Waals surface area contributed by atoms with Crippen LogP contribution in [0.2, 0.25) is 0 Å². The first-order chi connectivity index (χ1) is 10.3. The molecule has 7 nitrogen and oxygen atoms in total.